The minimum absolute atomic E-state index is 0.0662. The van der Waals surface area contributed by atoms with Gasteiger partial charge in [-0.1, -0.05) is 0 Å². The Morgan fingerprint density at radius 1 is 1.46 bits per heavy atom. The molecule has 76 valence electrons. The molecule has 1 aliphatic heterocycles. The third-order valence-corrected chi connectivity index (χ3v) is 2.03. The van der Waals surface area contributed by atoms with Crippen molar-refractivity contribution in [1.82, 2.24) is 5.32 Å². The van der Waals surface area contributed by atoms with Crippen molar-refractivity contribution in [2.24, 2.45) is 0 Å². The second kappa shape index (κ2) is 3.53. The average Bonchev–Trinajstić information content (AvgIpc) is 2.50. The van der Waals surface area contributed by atoms with E-state index in [4.69, 9.17) is 0 Å². The number of nitrogens with one attached hydrogen (secondary N) is 1. The molecule has 0 saturated carbocycles. The summed E-state index contributed by atoms with van der Waals surface area (Å²) in [7, 11) is 1.16. The Balaban J connectivity index is 2.50. The van der Waals surface area contributed by atoms with Crippen LogP contribution in [0.15, 0.2) is 0 Å². The zero-order valence-electron chi connectivity index (χ0n) is 7.02. The molecule has 0 bridgehead atoms. The lowest BCUT2D eigenvalue weighted by Crippen LogP contribution is -2.43. The van der Waals surface area contributed by atoms with Crippen molar-refractivity contribution in [2.45, 2.75) is 31.1 Å². The molecular weight excluding hydrogens is 187 g/mol. The fraction of sp³-hybridized carbons (Fsp3) is 0.857. The van der Waals surface area contributed by atoms with E-state index in [0.717, 1.165) is 7.11 Å². The van der Waals surface area contributed by atoms with Crippen molar-refractivity contribution in [1.29, 1.82) is 0 Å². The lowest BCUT2D eigenvalue weighted by atomic mass is 10.2. The van der Waals surface area contributed by atoms with E-state index < -0.39 is 24.2 Å². The maximum Gasteiger partial charge on any atom is 0.403 e. The number of methoxy groups -OCH3 is 1. The normalized spacial score (nSPS) is 28.9. The molecule has 13 heavy (non-hydrogen) atoms. The highest BCUT2D eigenvalue weighted by molar-refractivity contribution is 5.76. The minimum atomic E-state index is -4.28. The second-order valence-corrected chi connectivity index (χ2v) is 2.91. The van der Waals surface area contributed by atoms with Crippen molar-refractivity contribution in [3.05, 3.63) is 0 Å². The summed E-state index contributed by atoms with van der Waals surface area (Å²) >= 11 is 0. The summed E-state index contributed by atoms with van der Waals surface area (Å²) in [4.78, 5) is 10.8. The number of ether oxygens (including phenoxy) is 1. The Morgan fingerprint density at radius 3 is 2.46 bits per heavy atom. The number of rotatable bonds is 1. The molecule has 0 radical (unpaired) electrons. The van der Waals surface area contributed by atoms with Crippen molar-refractivity contribution >= 4 is 5.97 Å². The van der Waals surface area contributed by atoms with Crippen LogP contribution in [0.4, 0.5) is 13.2 Å². The van der Waals surface area contributed by atoms with E-state index in [9.17, 15) is 18.0 Å². The Hall–Kier alpha value is -0.780. The first-order chi connectivity index (χ1) is 5.95. The topological polar surface area (TPSA) is 38.3 Å². The zero-order valence-corrected chi connectivity index (χ0v) is 7.02. The molecule has 6 heteroatoms. The first-order valence-electron chi connectivity index (χ1n) is 3.85. The van der Waals surface area contributed by atoms with Gasteiger partial charge in [-0.25, -0.2) is 0 Å². The predicted molar refractivity (Wildman–Crippen MR) is 38.0 cm³/mol. The summed E-state index contributed by atoms with van der Waals surface area (Å²) < 4.78 is 40.6. The van der Waals surface area contributed by atoms with Crippen molar-refractivity contribution in [3.8, 4) is 0 Å². The van der Waals surface area contributed by atoms with Crippen molar-refractivity contribution in [2.75, 3.05) is 7.11 Å². The molecule has 2 atom stereocenters. The molecule has 3 nitrogen and oxygen atoms in total. The zero-order chi connectivity index (χ0) is 10.1. The summed E-state index contributed by atoms with van der Waals surface area (Å²) in [5.41, 5.74) is 0. The van der Waals surface area contributed by atoms with Gasteiger partial charge in [-0.05, 0) is 12.8 Å². The molecule has 0 aliphatic carbocycles. The molecule has 0 amide bonds. The fourth-order valence-electron chi connectivity index (χ4n) is 1.33. The van der Waals surface area contributed by atoms with Gasteiger partial charge in [-0.15, -0.1) is 0 Å². The van der Waals surface area contributed by atoms with Crippen LogP contribution in [-0.2, 0) is 9.53 Å². The highest BCUT2D eigenvalue weighted by atomic mass is 19.4. The maximum atomic E-state index is 12.1. The first-order valence-corrected chi connectivity index (χ1v) is 3.85. The Labute approximate surface area is 73.2 Å². The van der Waals surface area contributed by atoms with Gasteiger partial charge in [0.15, 0.2) is 0 Å². The van der Waals surface area contributed by atoms with Crippen molar-refractivity contribution in [3.63, 3.8) is 0 Å². The van der Waals surface area contributed by atoms with E-state index in [1.807, 2.05) is 0 Å². The van der Waals surface area contributed by atoms with Gasteiger partial charge in [-0.2, -0.15) is 13.2 Å². The average molecular weight is 197 g/mol. The standard InChI is InChI=1S/C7H10F3NO2/c1-13-6(12)4-2-3-5(11-4)7(8,9)10/h4-5,11H,2-3H2,1H3/t4-,5-/m1/s1. The predicted octanol–water partition coefficient (Wildman–Crippen LogP) is 0.842. The number of carbonyl (C=O) groups is 1. The number of hydrogen-bond acceptors (Lipinski definition) is 3. The molecule has 1 heterocycles. The van der Waals surface area contributed by atoms with E-state index in [2.05, 4.69) is 10.1 Å². The Morgan fingerprint density at radius 2 is 2.08 bits per heavy atom. The van der Waals surface area contributed by atoms with Crippen LogP contribution in [0.1, 0.15) is 12.8 Å². The van der Waals surface area contributed by atoms with Gasteiger partial charge in [-0.3, -0.25) is 10.1 Å². The highest BCUT2D eigenvalue weighted by Crippen LogP contribution is 2.28. The summed E-state index contributed by atoms with van der Waals surface area (Å²) in [5, 5.41) is 2.18. The van der Waals surface area contributed by atoms with Crippen LogP contribution in [0, 0.1) is 0 Å². The molecule has 1 rings (SSSR count). The number of esters is 1. The van der Waals surface area contributed by atoms with Crippen LogP contribution in [0.2, 0.25) is 0 Å². The van der Waals surface area contributed by atoms with E-state index in [-0.39, 0.29) is 12.8 Å². The van der Waals surface area contributed by atoms with Crippen LogP contribution in [-0.4, -0.2) is 31.3 Å². The van der Waals surface area contributed by atoms with Gasteiger partial charge in [0, 0.05) is 0 Å². The van der Waals surface area contributed by atoms with Gasteiger partial charge < -0.3 is 4.74 Å². The second-order valence-electron chi connectivity index (χ2n) is 2.91. The molecule has 0 spiro atoms. The van der Waals surface area contributed by atoms with E-state index >= 15 is 0 Å². The van der Waals surface area contributed by atoms with E-state index in [1.54, 1.807) is 0 Å². The number of hydrogen-bond donors (Lipinski definition) is 1. The SMILES string of the molecule is COC(=O)[C@H]1CC[C@H](C(F)(F)F)N1. The molecule has 1 aliphatic rings. The van der Waals surface area contributed by atoms with Crippen molar-refractivity contribution < 1.29 is 22.7 Å². The molecule has 1 fully saturated rings. The van der Waals surface area contributed by atoms with Gasteiger partial charge in [0.05, 0.1) is 7.11 Å². The van der Waals surface area contributed by atoms with Crippen LogP contribution >= 0.6 is 0 Å². The summed E-state index contributed by atoms with van der Waals surface area (Å²) in [5.74, 6) is -0.633. The van der Waals surface area contributed by atoms with Crippen LogP contribution in [0.3, 0.4) is 0 Å². The van der Waals surface area contributed by atoms with Gasteiger partial charge in [0.25, 0.3) is 0 Å². The molecule has 0 aromatic carbocycles. The van der Waals surface area contributed by atoms with Gasteiger partial charge >= 0.3 is 12.1 Å². The van der Waals surface area contributed by atoms with Crippen LogP contribution in [0.25, 0.3) is 0 Å². The molecular formula is C7H10F3NO2. The third kappa shape index (κ3) is 2.33. The number of carbonyl (C=O) groups excluding carboxylic acids is 1. The van der Waals surface area contributed by atoms with Gasteiger partial charge in [0.1, 0.15) is 12.1 Å². The monoisotopic (exact) mass is 197 g/mol. The highest BCUT2D eigenvalue weighted by Gasteiger charge is 2.45. The quantitative estimate of drug-likeness (QED) is 0.633. The third-order valence-electron chi connectivity index (χ3n) is 2.03. The van der Waals surface area contributed by atoms with Gasteiger partial charge in [0.2, 0.25) is 0 Å². The summed E-state index contributed by atoms with van der Waals surface area (Å²) in [6.45, 7) is 0. The molecule has 0 aromatic heterocycles. The Bertz CT molecular complexity index is 204. The molecule has 1 N–H and O–H groups in total. The molecule has 0 aromatic rings. The smallest absolute Gasteiger partial charge is 0.403 e. The molecule has 1 saturated heterocycles. The largest absolute Gasteiger partial charge is 0.468 e. The first kappa shape index (κ1) is 10.3. The lowest BCUT2D eigenvalue weighted by molar-refractivity contribution is -0.155. The fourth-order valence-corrected chi connectivity index (χ4v) is 1.33. The maximum absolute atomic E-state index is 12.1. The Kier molecular flexibility index (Phi) is 2.80. The van der Waals surface area contributed by atoms with Crippen LogP contribution < -0.4 is 5.32 Å². The lowest BCUT2D eigenvalue weighted by Gasteiger charge is -2.15. The van der Waals surface area contributed by atoms with E-state index in [0.29, 0.717) is 0 Å². The van der Waals surface area contributed by atoms with Crippen LogP contribution in [0.5, 0.6) is 0 Å². The number of halogens is 3. The van der Waals surface area contributed by atoms with E-state index in [1.165, 1.54) is 0 Å². The summed E-state index contributed by atoms with van der Waals surface area (Å²) in [6, 6.07) is -2.38. The molecule has 0 unspecified atom stereocenters. The summed E-state index contributed by atoms with van der Waals surface area (Å²) in [6.07, 6.45) is -4.16. The number of alkyl halides is 3. The minimum Gasteiger partial charge on any atom is -0.468 e.